The summed E-state index contributed by atoms with van der Waals surface area (Å²) in [7, 11) is 0. The predicted molar refractivity (Wildman–Crippen MR) is 155 cm³/mol. The minimum atomic E-state index is -0.873. The summed E-state index contributed by atoms with van der Waals surface area (Å²) in [6.45, 7) is 11.9. The van der Waals surface area contributed by atoms with Crippen molar-refractivity contribution >= 4 is 29.1 Å². The highest BCUT2D eigenvalue weighted by molar-refractivity contribution is 6.51. The first-order valence-corrected chi connectivity index (χ1v) is 13.5. The van der Waals surface area contributed by atoms with Gasteiger partial charge in [0.15, 0.2) is 0 Å². The first-order valence-electron chi connectivity index (χ1n) is 13.5. The Hall–Kier alpha value is -4.39. The van der Waals surface area contributed by atoms with E-state index in [4.69, 9.17) is 9.47 Å². The number of benzene rings is 3. The van der Waals surface area contributed by atoms with Crippen LogP contribution in [0.3, 0.4) is 0 Å². The second kappa shape index (κ2) is 11.8. The highest BCUT2D eigenvalue weighted by Gasteiger charge is 2.47. The number of carbonyl (C=O) groups excluding carboxylic acids is 3. The van der Waals surface area contributed by atoms with Gasteiger partial charge in [-0.2, -0.15) is 0 Å². The van der Waals surface area contributed by atoms with Crippen LogP contribution in [-0.2, 0) is 14.3 Å². The van der Waals surface area contributed by atoms with Gasteiger partial charge in [-0.25, -0.2) is 4.79 Å². The molecule has 1 atom stereocenters. The van der Waals surface area contributed by atoms with Gasteiger partial charge in [-0.1, -0.05) is 43.7 Å². The van der Waals surface area contributed by atoms with Gasteiger partial charge in [-0.15, -0.1) is 0 Å². The van der Waals surface area contributed by atoms with E-state index in [0.717, 1.165) is 11.1 Å². The number of ether oxygens (including phenoxy) is 2. The minimum absolute atomic E-state index is 0.00207. The van der Waals surface area contributed by atoms with E-state index in [2.05, 4.69) is 0 Å². The lowest BCUT2D eigenvalue weighted by atomic mass is 9.92. The van der Waals surface area contributed by atoms with Crippen molar-refractivity contribution in [3.63, 3.8) is 0 Å². The number of anilines is 1. The summed E-state index contributed by atoms with van der Waals surface area (Å²) in [5.74, 6) is -1.47. The van der Waals surface area contributed by atoms with E-state index in [0.29, 0.717) is 34.7 Å². The molecule has 1 fully saturated rings. The number of ketones is 1. The number of hydrogen-bond donors (Lipinski definition) is 1. The number of hydrogen-bond acceptors (Lipinski definition) is 6. The Morgan fingerprint density at radius 2 is 1.62 bits per heavy atom. The zero-order chi connectivity index (χ0) is 29.1. The number of aliphatic hydroxyl groups is 1. The third kappa shape index (κ3) is 5.64. The molecule has 0 radical (unpaired) electrons. The molecule has 1 aliphatic rings. The zero-order valence-electron chi connectivity index (χ0n) is 23.7. The van der Waals surface area contributed by atoms with Gasteiger partial charge < -0.3 is 14.6 Å². The fourth-order valence-corrected chi connectivity index (χ4v) is 4.88. The summed E-state index contributed by atoms with van der Waals surface area (Å²) in [6.07, 6.45) is -0.273. The molecule has 1 N–H and O–H groups in total. The summed E-state index contributed by atoms with van der Waals surface area (Å²) in [5, 5.41) is 11.6. The van der Waals surface area contributed by atoms with E-state index < -0.39 is 23.7 Å². The van der Waals surface area contributed by atoms with Crippen LogP contribution in [0, 0.1) is 6.92 Å². The van der Waals surface area contributed by atoms with Crippen molar-refractivity contribution in [2.45, 2.75) is 59.6 Å². The topological polar surface area (TPSA) is 93.1 Å². The van der Waals surface area contributed by atoms with E-state index in [9.17, 15) is 19.5 Å². The maximum absolute atomic E-state index is 13.5. The Morgan fingerprint density at radius 1 is 0.950 bits per heavy atom. The average Bonchev–Trinajstić information content (AvgIpc) is 3.18. The monoisotopic (exact) mass is 541 g/mol. The lowest BCUT2D eigenvalue weighted by Crippen LogP contribution is -2.29. The summed E-state index contributed by atoms with van der Waals surface area (Å²) in [6, 6.07) is 18.2. The van der Waals surface area contributed by atoms with Gasteiger partial charge >= 0.3 is 5.97 Å². The van der Waals surface area contributed by atoms with Crippen LogP contribution >= 0.6 is 0 Å². The summed E-state index contributed by atoms with van der Waals surface area (Å²) < 4.78 is 11.0. The van der Waals surface area contributed by atoms with Gasteiger partial charge in [0.1, 0.15) is 11.5 Å². The van der Waals surface area contributed by atoms with Crippen LogP contribution in [-0.4, -0.2) is 35.5 Å². The SMILES string of the molecule is CCOc1ccc(/C(O)=C2/C(=O)C(=O)N(c3ccc(C(=O)OC(C)C)cc3)C2c2cccc(C)c2)cc1C(C)C. The average molecular weight is 542 g/mol. The fraction of sp³-hybridized carbons (Fsp3) is 0.303. The number of esters is 1. The molecule has 0 bridgehead atoms. The molecule has 0 aliphatic carbocycles. The van der Waals surface area contributed by atoms with Crippen molar-refractivity contribution in [3.8, 4) is 5.75 Å². The third-order valence-electron chi connectivity index (χ3n) is 6.73. The number of amides is 1. The Balaban J connectivity index is 1.86. The number of carbonyl (C=O) groups is 3. The molecule has 40 heavy (non-hydrogen) atoms. The number of nitrogens with zero attached hydrogens (tertiary/aromatic N) is 1. The second-order valence-electron chi connectivity index (χ2n) is 10.4. The Morgan fingerprint density at radius 3 is 2.23 bits per heavy atom. The normalized spacial score (nSPS) is 16.6. The molecular formula is C33H35NO6. The van der Waals surface area contributed by atoms with Crippen molar-refractivity contribution in [1.82, 2.24) is 0 Å². The largest absolute Gasteiger partial charge is 0.507 e. The van der Waals surface area contributed by atoms with Gasteiger partial charge in [0.25, 0.3) is 11.7 Å². The summed E-state index contributed by atoms with van der Waals surface area (Å²) in [5.41, 5.74) is 3.68. The minimum Gasteiger partial charge on any atom is -0.507 e. The van der Waals surface area contributed by atoms with Crippen molar-refractivity contribution in [2.24, 2.45) is 0 Å². The Labute approximate surface area is 235 Å². The lowest BCUT2D eigenvalue weighted by Gasteiger charge is -2.26. The standard InChI is InChI=1S/C33H35NO6/c1-7-39-27-16-13-24(18-26(27)19(2)3)30(35)28-29(23-10-8-9-21(6)17-23)34(32(37)31(28)36)25-14-11-22(12-15-25)33(38)40-20(4)5/h8-20,29,35H,7H2,1-6H3/b30-28-. The van der Waals surface area contributed by atoms with Gasteiger partial charge in [0.2, 0.25) is 0 Å². The van der Waals surface area contributed by atoms with Gasteiger partial charge in [-0.3, -0.25) is 14.5 Å². The molecular weight excluding hydrogens is 506 g/mol. The zero-order valence-corrected chi connectivity index (χ0v) is 23.7. The number of aryl methyl sites for hydroxylation is 1. The molecule has 3 aromatic carbocycles. The molecule has 0 spiro atoms. The smallest absolute Gasteiger partial charge is 0.338 e. The molecule has 1 unspecified atom stereocenters. The molecule has 3 aromatic rings. The predicted octanol–water partition coefficient (Wildman–Crippen LogP) is 6.71. The molecule has 7 heteroatoms. The maximum Gasteiger partial charge on any atom is 0.338 e. The molecule has 1 aliphatic heterocycles. The first kappa shape index (κ1) is 28.6. The van der Waals surface area contributed by atoms with E-state index >= 15 is 0 Å². The van der Waals surface area contributed by atoms with E-state index in [1.165, 1.54) is 4.90 Å². The molecule has 0 aromatic heterocycles. The third-order valence-corrected chi connectivity index (χ3v) is 6.73. The summed E-state index contributed by atoms with van der Waals surface area (Å²) in [4.78, 5) is 40.8. The second-order valence-corrected chi connectivity index (χ2v) is 10.4. The molecule has 7 nitrogen and oxygen atoms in total. The van der Waals surface area contributed by atoms with Gasteiger partial charge in [0, 0.05) is 11.3 Å². The van der Waals surface area contributed by atoms with Crippen molar-refractivity contribution in [3.05, 3.63) is 100 Å². The number of rotatable bonds is 8. The van der Waals surface area contributed by atoms with Crippen molar-refractivity contribution in [2.75, 3.05) is 11.5 Å². The molecule has 208 valence electrons. The highest BCUT2D eigenvalue weighted by atomic mass is 16.5. The van der Waals surface area contributed by atoms with E-state index in [-0.39, 0.29) is 23.4 Å². The first-order chi connectivity index (χ1) is 19.0. The van der Waals surface area contributed by atoms with Gasteiger partial charge in [-0.05, 0) is 87.2 Å². The van der Waals surface area contributed by atoms with Crippen LogP contribution in [0.2, 0.25) is 0 Å². The molecule has 1 heterocycles. The maximum atomic E-state index is 13.5. The van der Waals surface area contributed by atoms with Crippen LogP contribution < -0.4 is 9.64 Å². The molecule has 4 rings (SSSR count). The Kier molecular flexibility index (Phi) is 8.43. The molecule has 0 saturated carbocycles. The van der Waals surface area contributed by atoms with Crippen LogP contribution in [0.15, 0.2) is 72.3 Å². The van der Waals surface area contributed by atoms with Crippen LogP contribution in [0.4, 0.5) is 5.69 Å². The van der Waals surface area contributed by atoms with Gasteiger partial charge in [0.05, 0.1) is 29.9 Å². The van der Waals surface area contributed by atoms with Crippen LogP contribution in [0.1, 0.15) is 79.2 Å². The number of Topliss-reactive ketones (excluding diaryl/α,β-unsaturated/α-hetero) is 1. The van der Waals surface area contributed by atoms with Crippen molar-refractivity contribution < 1.29 is 29.0 Å². The van der Waals surface area contributed by atoms with E-state index in [1.807, 2.05) is 52.0 Å². The highest BCUT2D eigenvalue weighted by Crippen LogP contribution is 2.43. The quantitative estimate of drug-likeness (QED) is 0.147. The van der Waals surface area contributed by atoms with E-state index in [1.54, 1.807) is 56.3 Å². The Bertz CT molecular complexity index is 1470. The van der Waals surface area contributed by atoms with Crippen LogP contribution in [0.5, 0.6) is 5.75 Å². The van der Waals surface area contributed by atoms with Crippen LogP contribution in [0.25, 0.3) is 5.76 Å². The number of aliphatic hydroxyl groups excluding tert-OH is 1. The molecule has 1 saturated heterocycles. The molecule has 1 amide bonds. The lowest BCUT2D eigenvalue weighted by molar-refractivity contribution is -0.132. The summed E-state index contributed by atoms with van der Waals surface area (Å²) >= 11 is 0. The fourth-order valence-electron chi connectivity index (χ4n) is 4.88. The van der Waals surface area contributed by atoms with Crippen molar-refractivity contribution in [1.29, 1.82) is 0 Å².